The van der Waals surface area contributed by atoms with Crippen LogP contribution in [0.2, 0.25) is 0 Å². The van der Waals surface area contributed by atoms with Gasteiger partial charge in [0.05, 0.1) is 36.1 Å². The number of methoxy groups -OCH3 is 2. The monoisotopic (exact) mass is 484 g/mol. The molecule has 33 heavy (non-hydrogen) atoms. The Morgan fingerprint density at radius 1 is 1.21 bits per heavy atom. The van der Waals surface area contributed by atoms with E-state index in [1.165, 1.54) is 22.7 Å². The number of hydrogen-bond donors (Lipinski definition) is 0. The Bertz CT molecular complexity index is 1400. The molecular formula is C24H24N2O5S2. The summed E-state index contributed by atoms with van der Waals surface area (Å²) >= 11 is 2.76. The number of thiazole rings is 1. The lowest BCUT2D eigenvalue weighted by Crippen LogP contribution is -2.39. The van der Waals surface area contributed by atoms with E-state index in [0.29, 0.717) is 32.1 Å². The first kappa shape index (κ1) is 23.0. The molecule has 1 unspecified atom stereocenters. The summed E-state index contributed by atoms with van der Waals surface area (Å²) in [5.41, 5.74) is 1.45. The molecule has 172 valence electrons. The molecule has 3 heterocycles. The number of nitrogens with zero attached hydrogens (tertiary/aromatic N) is 2. The minimum atomic E-state index is -0.590. The molecule has 0 N–H and O–H groups in total. The fraction of sp³-hybridized carbons (Fsp3) is 0.292. The number of carbonyl (C=O) groups is 1. The zero-order valence-electron chi connectivity index (χ0n) is 18.9. The third kappa shape index (κ3) is 4.38. The van der Waals surface area contributed by atoms with Crippen molar-refractivity contribution < 1.29 is 19.0 Å². The number of carbonyl (C=O) groups excluding carboxylic acids is 1. The maximum absolute atomic E-state index is 13.6. The van der Waals surface area contributed by atoms with Gasteiger partial charge in [-0.3, -0.25) is 9.36 Å². The van der Waals surface area contributed by atoms with Crippen LogP contribution in [0.15, 0.2) is 56.8 Å². The van der Waals surface area contributed by atoms with Crippen molar-refractivity contribution >= 4 is 34.7 Å². The maximum atomic E-state index is 13.6. The molecule has 0 spiro atoms. The Morgan fingerprint density at radius 3 is 2.64 bits per heavy atom. The predicted octanol–water partition coefficient (Wildman–Crippen LogP) is 3.27. The first-order valence-electron chi connectivity index (χ1n) is 10.3. The van der Waals surface area contributed by atoms with Crippen LogP contribution in [-0.2, 0) is 9.53 Å². The lowest BCUT2D eigenvalue weighted by Gasteiger charge is -2.24. The summed E-state index contributed by atoms with van der Waals surface area (Å²) in [7, 11) is 3.15. The molecule has 0 bridgehead atoms. The van der Waals surface area contributed by atoms with Crippen LogP contribution in [0.3, 0.4) is 0 Å². The Morgan fingerprint density at radius 2 is 2.00 bits per heavy atom. The van der Waals surface area contributed by atoms with E-state index < -0.39 is 12.0 Å². The van der Waals surface area contributed by atoms with Crippen LogP contribution in [0.5, 0.6) is 11.5 Å². The van der Waals surface area contributed by atoms with E-state index in [-0.39, 0.29) is 11.7 Å². The lowest BCUT2D eigenvalue weighted by atomic mass is 10.0. The second-order valence-electron chi connectivity index (χ2n) is 7.66. The van der Waals surface area contributed by atoms with Gasteiger partial charge in [0, 0.05) is 16.5 Å². The quantitative estimate of drug-likeness (QED) is 0.502. The molecule has 1 atom stereocenters. The smallest absolute Gasteiger partial charge is 0.338 e. The van der Waals surface area contributed by atoms with Gasteiger partial charge < -0.3 is 14.2 Å². The molecule has 0 saturated carbocycles. The van der Waals surface area contributed by atoms with Crippen molar-refractivity contribution in [2.24, 2.45) is 4.99 Å². The fourth-order valence-electron chi connectivity index (χ4n) is 3.66. The zero-order valence-corrected chi connectivity index (χ0v) is 20.6. The number of benzene rings is 1. The average molecular weight is 485 g/mol. The first-order chi connectivity index (χ1) is 15.8. The van der Waals surface area contributed by atoms with Gasteiger partial charge in [-0.25, -0.2) is 9.79 Å². The number of esters is 1. The van der Waals surface area contributed by atoms with Gasteiger partial charge in [0.25, 0.3) is 5.56 Å². The predicted molar refractivity (Wildman–Crippen MR) is 129 cm³/mol. The molecule has 0 saturated heterocycles. The molecule has 1 aliphatic rings. The molecule has 7 nitrogen and oxygen atoms in total. The van der Waals surface area contributed by atoms with Crippen molar-refractivity contribution in [2.45, 2.75) is 32.9 Å². The van der Waals surface area contributed by atoms with Crippen LogP contribution >= 0.6 is 22.7 Å². The molecular weight excluding hydrogens is 460 g/mol. The van der Waals surface area contributed by atoms with E-state index in [9.17, 15) is 9.59 Å². The fourth-order valence-corrected chi connectivity index (χ4v) is 5.52. The van der Waals surface area contributed by atoms with Crippen molar-refractivity contribution in [3.05, 3.63) is 77.1 Å². The van der Waals surface area contributed by atoms with E-state index in [2.05, 4.69) is 4.99 Å². The zero-order chi connectivity index (χ0) is 23.7. The SMILES string of the molecule is COc1ccc(/C=c2/sc3n(c2=O)C(c2cccs2)C(C(=O)OC(C)C)=C(C)N=3)c(OC)c1. The maximum Gasteiger partial charge on any atom is 0.338 e. The number of aromatic nitrogens is 1. The molecule has 2 aromatic heterocycles. The van der Waals surface area contributed by atoms with E-state index in [4.69, 9.17) is 14.2 Å². The van der Waals surface area contributed by atoms with Gasteiger partial charge in [0.1, 0.15) is 17.5 Å². The number of hydrogen-bond acceptors (Lipinski definition) is 8. The van der Waals surface area contributed by atoms with Crippen LogP contribution < -0.4 is 24.4 Å². The summed E-state index contributed by atoms with van der Waals surface area (Å²) in [6.07, 6.45) is 1.49. The van der Waals surface area contributed by atoms with Gasteiger partial charge in [-0.1, -0.05) is 17.4 Å². The Labute approximate surface area is 198 Å². The van der Waals surface area contributed by atoms with E-state index >= 15 is 0 Å². The van der Waals surface area contributed by atoms with E-state index in [0.717, 1.165) is 10.4 Å². The van der Waals surface area contributed by atoms with Gasteiger partial charge in [-0.05, 0) is 50.4 Å². The Kier molecular flexibility index (Phi) is 6.53. The van der Waals surface area contributed by atoms with Gasteiger partial charge >= 0.3 is 5.97 Å². The Hall–Kier alpha value is -3.17. The topological polar surface area (TPSA) is 79.1 Å². The number of allylic oxidation sites excluding steroid dienone is 1. The largest absolute Gasteiger partial charge is 0.497 e. The van der Waals surface area contributed by atoms with Crippen molar-refractivity contribution in [1.29, 1.82) is 0 Å². The summed E-state index contributed by atoms with van der Waals surface area (Å²) in [6.45, 7) is 5.37. The van der Waals surface area contributed by atoms with Crippen LogP contribution in [0.1, 0.15) is 37.3 Å². The second-order valence-corrected chi connectivity index (χ2v) is 9.65. The number of ether oxygens (including phenoxy) is 3. The highest BCUT2D eigenvalue weighted by Gasteiger charge is 2.34. The molecule has 0 fully saturated rings. The number of fused-ring (bicyclic) bond motifs is 1. The van der Waals surface area contributed by atoms with Crippen LogP contribution in [0.4, 0.5) is 0 Å². The van der Waals surface area contributed by atoms with Crippen molar-refractivity contribution in [2.75, 3.05) is 14.2 Å². The summed E-state index contributed by atoms with van der Waals surface area (Å²) < 4.78 is 18.3. The van der Waals surface area contributed by atoms with Gasteiger partial charge in [-0.15, -0.1) is 11.3 Å². The molecule has 0 aliphatic carbocycles. The molecule has 0 amide bonds. The average Bonchev–Trinajstić information content (AvgIpc) is 3.41. The summed E-state index contributed by atoms with van der Waals surface area (Å²) in [5.74, 6) is 0.787. The molecule has 3 aromatic rings. The van der Waals surface area contributed by atoms with Gasteiger partial charge in [-0.2, -0.15) is 0 Å². The number of thiophene rings is 1. The third-order valence-corrected chi connectivity index (χ3v) is 7.03. The van der Waals surface area contributed by atoms with Crippen molar-refractivity contribution in [3.63, 3.8) is 0 Å². The van der Waals surface area contributed by atoms with Gasteiger partial charge in [0.2, 0.25) is 0 Å². The minimum Gasteiger partial charge on any atom is -0.497 e. The Balaban J connectivity index is 1.91. The second kappa shape index (κ2) is 9.36. The third-order valence-electron chi connectivity index (χ3n) is 5.12. The van der Waals surface area contributed by atoms with E-state index in [1.54, 1.807) is 51.7 Å². The highest BCUT2D eigenvalue weighted by molar-refractivity contribution is 7.10. The highest BCUT2D eigenvalue weighted by atomic mass is 32.1. The highest BCUT2D eigenvalue weighted by Crippen LogP contribution is 2.33. The summed E-state index contributed by atoms with van der Waals surface area (Å²) in [6, 6.07) is 8.64. The molecule has 9 heteroatoms. The molecule has 1 aliphatic heterocycles. The van der Waals surface area contributed by atoms with Crippen LogP contribution in [-0.4, -0.2) is 30.9 Å². The summed E-state index contributed by atoms with van der Waals surface area (Å²) in [4.78, 5) is 32.6. The van der Waals surface area contributed by atoms with Crippen LogP contribution in [0, 0.1) is 0 Å². The molecule has 4 rings (SSSR count). The van der Waals surface area contributed by atoms with Crippen LogP contribution in [0.25, 0.3) is 6.08 Å². The number of rotatable bonds is 6. The standard InChI is InChI=1S/C24H24N2O5S2/c1-13(2)31-23(28)20-14(3)25-24-26(21(20)18-7-6-10-32-18)22(27)19(33-24)11-15-8-9-16(29-4)12-17(15)30-5/h6-13,21H,1-5H3/b19-11+. The lowest BCUT2D eigenvalue weighted by molar-refractivity contribution is -0.143. The van der Waals surface area contributed by atoms with Gasteiger partial charge in [0.15, 0.2) is 4.80 Å². The molecule has 0 radical (unpaired) electrons. The van der Waals surface area contributed by atoms with Crippen molar-refractivity contribution in [1.82, 2.24) is 4.57 Å². The first-order valence-corrected chi connectivity index (χ1v) is 12.0. The normalized spacial score (nSPS) is 15.9. The van der Waals surface area contributed by atoms with E-state index in [1.807, 2.05) is 29.6 Å². The summed E-state index contributed by atoms with van der Waals surface area (Å²) in [5, 5.41) is 1.92. The van der Waals surface area contributed by atoms with Crippen molar-refractivity contribution in [3.8, 4) is 11.5 Å². The minimum absolute atomic E-state index is 0.225. The molecule has 1 aromatic carbocycles.